The number of furan rings is 1. The fourth-order valence-electron chi connectivity index (χ4n) is 1.54. The molecule has 0 unspecified atom stereocenters. The number of hydrogen-bond donors (Lipinski definition) is 0. The van der Waals surface area contributed by atoms with Gasteiger partial charge in [-0.05, 0) is 25.1 Å². The number of anilines is 1. The third kappa shape index (κ3) is 2.77. The van der Waals surface area contributed by atoms with Crippen LogP contribution in [-0.2, 0) is 12.4 Å². The Kier molecular flexibility index (Phi) is 3.64. The van der Waals surface area contributed by atoms with E-state index >= 15 is 0 Å². The van der Waals surface area contributed by atoms with E-state index in [0.717, 1.165) is 29.4 Å². The molecule has 0 aliphatic rings. The molecule has 0 aliphatic heterocycles. The number of nitrogens with zero attached hydrogens (tertiary/aromatic N) is 3. The maximum atomic E-state index is 5.67. The molecular weight excluding hydrogens is 238 g/mol. The van der Waals surface area contributed by atoms with E-state index < -0.39 is 0 Å². The van der Waals surface area contributed by atoms with Gasteiger partial charge in [0.25, 0.3) is 0 Å². The van der Waals surface area contributed by atoms with Gasteiger partial charge < -0.3 is 9.32 Å². The van der Waals surface area contributed by atoms with Crippen molar-refractivity contribution >= 4 is 17.4 Å². The first-order valence-corrected chi connectivity index (χ1v) is 5.87. The van der Waals surface area contributed by atoms with E-state index in [-0.39, 0.29) is 0 Å². The number of aromatic nitrogens is 2. The third-order valence-corrected chi connectivity index (χ3v) is 2.88. The van der Waals surface area contributed by atoms with Crippen LogP contribution >= 0.6 is 11.6 Å². The molecule has 4 nitrogen and oxygen atoms in total. The summed E-state index contributed by atoms with van der Waals surface area (Å²) in [6, 6.07) is 5.76. The van der Waals surface area contributed by atoms with E-state index in [9.17, 15) is 0 Å². The zero-order valence-corrected chi connectivity index (χ0v) is 10.6. The Morgan fingerprint density at radius 2 is 2.12 bits per heavy atom. The van der Waals surface area contributed by atoms with Gasteiger partial charge in [0, 0.05) is 19.2 Å². The fraction of sp³-hybridized carbons (Fsp3) is 0.333. The lowest BCUT2D eigenvalue weighted by atomic mass is 10.2. The van der Waals surface area contributed by atoms with Crippen molar-refractivity contribution in [1.29, 1.82) is 0 Å². The maximum Gasteiger partial charge on any atom is 0.151 e. The second-order valence-corrected chi connectivity index (χ2v) is 4.14. The minimum atomic E-state index is 0.387. The first-order valence-electron chi connectivity index (χ1n) is 5.33. The summed E-state index contributed by atoms with van der Waals surface area (Å²) in [5.74, 6) is 2.14. The SMILES string of the molecule is Cc1occc1CN(C)c1ccc(CCl)nn1. The fourth-order valence-corrected chi connectivity index (χ4v) is 1.68. The number of alkyl halides is 1. The summed E-state index contributed by atoms with van der Waals surface area (Å²) >= 11 is 5.67. The Morgan fingerprint density at radius 1 is 1.29 bits per heavy atom. The first kappa shape index (κ1) is 11.9. The van der Waals surface area contributed by atoms with Crippen molar-refractivity contribution in [3.05, 3.63) is 41.5 Å². The predicted molar refractivity (Wildman–Crippen MR) is 67.1 cm³/mol. The zero-order valence-electron chi connectivity index (χ0n) is 9.85. The number of halogens is 1. The highest BCUT2D eigenvalue weighted by Crippen LogP contribution is 2.15. The molecule has 0 saturated carbocycles. The molecule has 5 heteroatoms. The molecular formula is C12H14ClN3O. The van der Waals surface area contributed by atoms with Crippen LogP contribution in [0.25, 0.3) is 0 Å². The lowest BCUT2D eigenvalue weighted by molar-refractivity contribution is 0.529. The molecule has 0 saturated heterocycles. The highest BCUT2D eigenvalue weighted by atomic mass is 35.5. The average molecular weight is 252 g/mol. The van der Waals surface area contributed by atoms with Crippen LogP contribution in [0.5, 0.6) is 0 Å². The molecule has 2 rings (SSSR count). The third-order valence-electron chi connectivity index (χ3n) is 2.61. The van der Waals surface area contributed by atoms with Crippen LogP contribution in [0.1, 0.15) is 17.0 Å². The standard InChI is InChI=1S/C12H14ClN3O/c1-9-10(5-6-17-9)8-16(2)12-4-3-11(7-13)14-15-12/h3-6H,7-8H2,1-2H3. The normalized spacial score (nSPS) is 10.5. The lowest BCUT2D eigenvalue weighted by Crippen LogP contribution is -2.18. The molecule has 0 atom stereocenters. The monoisotopic (exact) mass is 251 g/mol. The van der Waals surface area contributed by atoms with Gasteiger partial charge in [-0.15, -0.1) is 16.7 Å². The Morgan fingerprint density at radius 3 is 2.65 bits per heavy atom. The van der Waals surface area contributed by atoms with E-state index in [1.807, 2.05) is 37.1 Å². The summed E-state index contributed by atoms with van der Waals surface area (Å²) in [6.07, 6.45) is 1.70. The smallest absolute Gasteiger partial charge is 0.151 e. The van der Waals surface area contributed by atoms with Crippen molar-refractivity contribution in [2.24, 2.45) is 0 Å². The minimum absolute atomic E-state index is 0.387. The average Bonchev–Trinajstić information content (AvgIpc) is 2.75. The first-order chi connectivity index (χ1) is 8.20. The van der Waals surface area contributed by atoms with Crippen molar-refractivity contribution in [2.75, 3.05) is 11.9 Å². The summed E-state index contributed by atoms with van der Waals surface area (Å²) in [5.41, 5.74) is 1.93. The van der Waals surface area contributed by atoms with Gasteiger partial charge in [0.05, 0.1) is 17.8 Å². The van der Waals surface area contributed by atoms with E-state index in [4.69, 9.17) is 16.0 Å². The van der Waals surface area contributed by atoms with Crippen molar-refractivity contribution < 1.29 is 4.42 Å². The zero-order chi connectivity index (χ0) is 12.3. The maximum absolute atomic E-state index is 5.67. The van der Waals surface area contributed by atoms with Crippen LogP contribution in [0.4, 0.5) is 5.82 Å². The Balaban J connectivity index is 2.09. The molecule has 2 heterocycles. The van der Waals surface area contributed by atoms with Crippen molar-refractivity contribution in [3.63, 3.8) is 0 Å². The number of rotatable bonds is 4. The topological polar surface area (TPSA) is 42.2 Å². The molecule has 0 radical (unpaired) electrons. The van der Waals surface area contributed by atoms with Gasteiger partial charge in [-0.2, -0.15) is 5.10 Å². The van der Waals surface area contributed by atoms with E-state index in [1.54, 1.807) is 6.26 Å². The van der Waals surface area contributed by atoms with Gasteiger partial charge >= 0.3 is 0 Å². The van der Waals surface area contributed by atoms with E-state index in [1.165, 1.54) is 0 Å². The molecule has 0 amide bonds. The van der Waals surface area contributed by atoms with Crippen LogP contribution in [-0.4, -0.2) is 17.2 Å². The summed E-state index contributed by atoms with van der Waals surface area (Å²) in [7, 11) is 1.97. The molecule has 2 aromatic heterocycles. The Bertz CT molecular complexity index is 481. The second-order valence-electron chi connectivity index (χ2n) is 3.87. The molecule has 2 aromatic rings. The highest BCUT2D eigenvalue weighted by Gasteiger charge is 2.07. The molecule has 90 valence electrons. The molecule has 0 fully saturated rings. The van der Waals surface area contributed by atoms with E-state index in [2.05, 4.69) is 10.2 Å². The molecule has 0 aromatic carbocycles. The van der Waals surface area contributed by atoms with Gasteiger partial charge in [0.1, 0.15) is 5.76 Å². The van der Waals surface area contributed by atoms with Crippen LogP contribution in [0.2, 0.25) is 0 Å². The van der Waals surface area contributed by atoms with Gasteiger partial charge in [-0.25, -0.2) is 0 Å². The van der Waals surface area contributed by atoms with Gasteiger partial charge in [-0.1, -0.05) is 0 Å². The highest BCUT2D eigenvalue weighted by molar-refractivity contribution is 6.16. The predicted octanol–water partition coefficient (Wildman–Crippen LogP) is 2.75. The summed E-state index contributed by atoms with van der Waals surface area (Å²) in [5, 5.41) is 8.14. The Labute approximate surface area is 105 Å². The molecule has 0 bridgehead atoms. The quantitative estimate of drug-likeness (QED) is 0.784. The van der Waals surface area contributed by atoms with Gasteiger partial charge in [0.15, 0.2) is 5.82 Å². The van der Waals surface area contributed by atoms with Crippen molar-refractivity contribution in [2.45, 2.75) is 19.3 Å². The second kappa shape index (κ2) is 5.19. The minimum Gasteiger partial charge on any atom is -0.469 e. The van der Waals surface area contributed by atoms with Crippen molar-refractivity contribution in [3.8, 4) is 0 Å². The Hall–Kier alpha value is -1.55. The van der Waals surface area contributed by atoms with Gasteiger partial charge in [0.2, 0.25) is 0 Å². The van der Waals surface area contributed by atoms with Gasteiger partial charge in [-0.3, -0.25) is 0 Å². The number of hydrogen-bond acceptors (Lipinski definition) is 4. The summed E-state index contributed by atoms with van der Waals surface area (Å²) < 4.78 is 5.26. The molecule has 17 heavy (non-hydrogen) atoms. The summed E-state index contributed by atoms with van der Waals surface area (Å²) in [4.78, 5) is 2.02. The van der Waals surface area contributed by atoms with Crippen LogP contribution < -0.4 is 4.90 Å². The largest absolute Gasteiger partial charge is 0.469 e. The summed E-state index contributed by atoms with van der Waals surface area (Å²) in [6.45, 7) is 2.70. The molecule has 0 spiro atoms. The molecule has 0 aliphatic carbocycles. The van der Waals surface area contributed by atoms with Crippen LogP contribution in [0.3, 0.4) is 0 Å². The molecule has 0 N–H and O–H groups in total. The van der Waals surface area contributed by atoms with Crippen molar-refractivity contribution in [1.82, 2.24) is 10.2 Å². The van der Waals surface area contributed by atoms with Crippen LogP contribution in [0.15, 0.2) is 28.9 Å². The number of aryl methyl sites for hydroxylation is 1. The van der Waals surface area contributed by atoms with E-state index in [0.29, 0.717) is 5.88 Å². The van der Waals surface area contributed by atoms with Crippen LogP contribution in [0, 0.1) is 6.92 Å². The lowest BCUT2D eigenvalue weighted by Gasteiger charge is -2.16.